The largest absolute Gasteiger partial charge is 0.493 e. The molecule has 0 saturated carbocycles. The monoisotopic (exact) mass is 470 g/mol. The predicted octanol–water partition coefficient (Wildman–Crippen LogP) is 2.35. The molecule has 1 saturated heterocycles. The van der Waals surface area contributed by atoms with Crippen LogP contribution in [0, 0.1) is 16.0 Å². The molecule has 0 atom stereocenters. The molecule has 34 heavy (non-hydrogen) atoms. The number of nitrogens with zero attached hydrogens (tertiary/aromatic N) is 4. The van der Waals surface area contributed by atoms with Crippen LogP contribution >= 0.6 is 0 Å². The summed E-state index contributed by atoms with van der Waals surface area (Å²) in [7, 11) is 0. The van der Waals surface area contributed by atoms with Crippen LogP contribution in [0.25, 0.3) is 11.3 Å². The van der Waals surface area contributed by atoms with Crippen LogP contribution in [0.2, 0.25) is 0 Å². The molecule has 0 bridgehead atoms. The number of carbonyl (C=O) groups is 1. The van der Waals surface area contributed by atoms with Crippen LogP contribution in [-0.4, -0.2) is 55.6 Å². The summed E-state index contributed by atoms with van der Waals surface area (Å²) in [5.74, 6) is -0.669. The number of ether oxygens (including phenoxy) is 2. The second-order valence-corrected chi connectivity index (χ2v) is 7.55. The van der Waals surface area contributed by atoms with Crippen LogP contribution in [0.15, 0.2) is 35.4 Å². The van der Waals surface area contributed by atoms with E-state index in [2.05, 4.69) is 19.9 Å². The lowest BCUT2D eigenvalue weighted by molar-refractivity contribution is -0.385. The lowest BCUT2D eigenvalue weighted by atomic mass is 9.97. The van der Waals surface area contributed by atoms with Crippen molar-refractivity contribution in [1.29, 1.82) is 0 Å². The molecular formula is C21H22N6O7. The molecule has 4 rings (SSSR count). The van der Waals surface area contributed by atoms with Gasteiger partial charge in [-0.05, 0) is 44.0 Å². The minimum Gasteiger partial charge on any atom is -0.493 e. The Morgan fingerprint density at radius 1 is 1.24 bits per heavy atom. The van der Waals surface area contributed by atoms with Crippen molar-refractivity contribution in [3.63, 3.8) is 0 Å². The summed E-state index contributed by atoms with van der Waals surface area (Å²) in [5, 5.41) is 21.7. The van der Waals surface area contributed by atoms with E-state index in [4.69, 9.17) is 9.47 Å². The molecule has 178 valence electrons. The Morgan fingerprint density at radius 2 is 1.94 bits per heavy atom. The highest BCUT2D eigenvalue weighted by Gasteiger charge is 2.33. The van der Waals surface area contributed by atoms with Gasteiger partial charge in [0, 0.05) is 18.7 Å². The van der Waals surface area contributed by atoms with Gasteiger partial charge < -0.3 is 24.5 Å². The number of nitrogens with one attached hydrogen (secondary N) is 2. The third-order valence-corrected chi connectivity index (χ3v) is 5.43. The lowest BCUT2D eigenvalue weighted by Gasteiger charge is -2.31. The van der Waals surface area contributed by atoms with E-state index >= 15 is 0 Å². The summed E-state index contributed by atoms with van der Waals surface area (Å²) in [6.07, 6.45) is 2.17. The number of hydrogen-bond donors (Lipinski definition) is 3. The number of aromatic amines is 2. The van der Waals surface area contributed by atoms with Gasteiger partial charge in [-0.3, -0.25) is 19.9 Å². The molecule has 3 N–H and O–H groups in total. The van der Waals surface area contributed by atoms with Crippen LogP contribution in [0.4, 0.5) is 11.5 Å². The molecular weight excluding hydrogens is 448 g/mol. The minimum absolute atomic E-state index is 0.115. The summed E-state index contributed by atoms with van der Waals surface area (Å²) in [4.78, 5) is 49.1. The van der Waals surface area contributed by atoms with Crippen molar-refractivity contribution < 1.29 is 24.3 Å². The normalized spacial score (nSPS) is 14.1. The van der Waals surface area contributed by atoms with Crippen molar-refractivity contribution >= 4 is 17.5 Å². The zero-order valence-corrected chi connectivity index (χ0v) is 18.2. The number of rotatable bonds is 7. The van der Waals surface area contributed by atoms with Crippen molar-refractivity contribution in [3.05, 3.63) is 51.2 Å². The third kappa shape index (κ3) is 4.67. The number of aromatic nitrogens is 4. The first-order chi connectivity index (χ1) is 16.4. The summed E-state index contributed by atoms with van der Waals surface area (Å²) < 4.78 is 10.8. The molecule has 0 aliphatic carbocycles. The number of imidazole rings is 1. The van der Waals surface area contributed by atoms with Crippen LogP contribution in [0.1, 0.15) is 19.8 Å². The number of H-pyrrole nitrogens is 2. The summed E-state index contributed by atoms with van der Waals surface area (Å²) in [6.45, 7) is 2.85. The molecule has 1 fully saturated rings. The van der Waals surface area contributed by atoms with Gasteiger partial charge in [0.2, 0.25) is 11.7 Å². The molecule has 13 nitrogen and oxygen atoms in total. The Morgan fingerprint density at radius 3 is 2.53 bits per heavy atom. The topological polar surface area (TPSA) is 177 Å². The molecule has 0 spiro atoms. The van der Waals surface area contributed by atoms with Gasteiger partial charge in [0.05, 0.1) is 17.4 Å². The maximum atomic E-state index is 12.0. The van der Waals surface area contributed by atoms with Gasteiger partial charge in [0.15, 0.2) is 0 Å². The van der Waals surface area contributed by atoms with Crippen LogP contribution < -0.4 is 15.3 Å². The van der Waals surface area contributed by atoms with E-state index in [0.29, 0.717) is 38.1 Å². The fraction of sp³-hybridized carbons (Fsp3) is 0.333. The smallest absolute Gasteiger partial charge is 0.373 e. The molecule has 1 aromatic carbocycles. The van der Waals surface area contributed by atoms with Gasteiger partial charge in [-0.25, -0.2) is 9.78 Å². The van der Waals surface area contributed by atoms with Crippen LogP contribution in [-0.2, 0) is 9.53 Å². The zero-order valence-electron chi connectivity index (χ0n) is 18.2. The lowest BCUT2D eigenvalue weighted by Crippen LogP contribution is -2.37. The maximum Gasteiger partial charge on any atom is 0.373 e. The van der Waals surface area contributed by atoms with Gasteiger partial charge in [0.1, 0.15) is 17.8 Å². The molecule has 2 aromatic heterocycles. The van der Waals surface area contributed by atoms with Gasteiger partial charge in [-0.2, -0.15) is 4.98 Å². The van der Waals surface area contributed by atoms with E-state index in [-0.39, 0.29) is 46.6 Å². The van der Waals surface area contributed by atoms with E-state index in [0.717, 1.165) is 0 Å². The maximum absolute atomic E-state index is 12.0. The van der Waals surface area contributed by atoms with E-state index in [9.17, 15) is 24.8 Å². The summed E-state index contributed by atoms with van der Waals surface area (Å²) >= 11 is 0. The van der Waals surface area contributed by atoms with Crippen LogP contribution in [0.3, 0.4) is 0 Å². The standard InChI is InChI=1S/C21H22N6O7/c1-2-33-20(29)13-7-9-26(10-8-13)17-16(27(31)32)19(23-11-22-17)34-14-5-3-12(4-6-14)15-18(28)25-21(30)24-15/h3-6,11,13,28H,2,7-10H2,1H3,(H2,24,25,30). The molecule has 1 aliphatic rings. The number of nitro groups is 1. The molecule has 0 radical (unpaired) electrons. The highest BCUT2D eigenvalue weighted by Crippen LogP contribution is 2.38. The van der Waals surface area contributed by atoms with Gasteiger partial charge in [-0.15, -0.1) is 0 Å². The molecule has 0 unspecified atom stereocenters. The second kappa shape index (κ2) is 9.60. The van der Waals surface area contributed by atoms with E-state index in [1.807, 2.05) is 0 Å². The fourth-order valence-corrected chi connectivity index (χ4v) is 3.79. The Kier molecular flexibility index (Phi) is 6.43. The van der Waals surface area contributed by atoms with E-state index in [1.54, 1.807) is 24.0 Å². The Hall–Kier alpha value is -4.42. The molecule has 3 aromatic rings. The van der Waals surface area contributed by atoms with Crippen molar-refractivity contribution in [2.75, 3.05) is 24.6 Å². The first-order valence-corrected chi connectivity index (χ1v) is 10.6. The fourth-order valence-electron chi connectivity index (χ4n) is 3.79. The van der Waals surface area contributed by atoms with Crippen molar-refractivity contribution in [1.82, 2.24) is 19.9 Å². The Labute approximate surface area is 192 Å². The van der Waals surface area contributed by atoms with E-state index in [1.165, 1.54) is 18.5 Å². The van der Waals surface area contributed by atoms with E-state index < -0.39 is 10.6 Å². The Bertz CT molecular complexity index is 1250. The van der Waals surface area contributed by atoms with Crippen LogP contribution in [0.5, 0.6) is 17.5 Å². The molecule has 13 heteroatoms. The van der Waals surface area contributed by atoms with Gasteiger partial charge >= 0.3 is 23.2 Å². The quantitative estimate of drug-likeness (QED) is 0.264. The number of anilines is 1. The SMILES string of the molecule is CCOC(=O)C1CCN(c2ncnc(Oc3ccc(-c4[nH]c(=O)[nH]c4O)cc3)c2[N+](=O)[O-])CC1. The first kappa shape index (κ1) is 22.8. The number of carbonyl (C=O) groups excluding carboxylic acids is 1. The number of hydrogen-bond acceptors (Lipinski definition) is 10. The summed E-state index contributed by atoms with van der Waals surface area (Å²) in [5.41, 5.74) is -0.222. The second-order valence-electron chi connectivity index (χ2n) is 7.55. The van der Waals surface area contributed by atoms with Gasteiger partial charge in [0.25, 0.3) is 0 Å². The van der Waals surface area contributed by atoms with Gasteiger partial charge in [-0.1, -0.05) is 0 Å². The molecule has 3 heterocycles. The Balaban J connectivity index is 1.54. The third-order valence-electron chi connectivity index (χ3n) is 5.43. The predicted molar refractivity (Wildman–Crippen MR) is 119 cm³/mol. The zero-order chi connectivity index (χ0) is 24.2. The first-order valence-electron chi connectivity index (χ1n) is 10.6. The minimum atomic E-state index is -0.598. The van der Waals surface area contributed by atoms with Crippen molar-refractivity contribution in [3.8, 4) is 28.8 Å². The average molecular weight is 470 g/mol. The number of esters is 1. The summed E-state index contributed by atoms with van der Waals surface area (Å²) in [6, 6.07) is 6.19. The van der Waals surface area contributed by atoms with Crippen molar-refractivity contribution in [2.45, 2.75) is 19.8 Å². The average Bonchev–Trinajstić information content (AvgIpc) is 3.17. The highest BCUT2D eigenvalue weighted by atomic mass is 16.6. The highest BCUT2D eigenvalue weighted by molar-refractivity contribution is 5.73. The van der Waals surface area contributed by atoms with Crippen molar-refractivity contribution in [2.24, 2.45) is 5.92 Å². The number of aromatic hydroxyl groups is 1. The number of benzene rings is 1. The molecule has 0 amide bonds. The molecule has 1 aliphatic heterocycles. The number of piperidine rings is 1.